The van der Waals surface area contributed by atoms with Crippen LogP contribution in [0.3, 0.4) is 0 Å². The number of hydrogen-bond acceptors (Lipinski definition) is 2. The standard InChI is InChI=1S/C11H25NS/c1-6-9(3)8-13-11(5)10(4)12-7-2/h9-12H,6-8H2,1-5H3. The van der Waals surface area contributed by atoms with Crippen LogP contribution in [0.1, 0.15) is 41.0 Å². The van der Waals surface area contributed by atoms with Gasteiger partial charge in [-0.2, -0.15) is 11.8 Å². The number of rotatable bonds is 7. The quantitative estimate of drug-likeness (QED) is 0.682. The molecule has 0 saturated heterocycles. The second-order valence-electron chi connectivity index (χ2n) is 3.90. The molecule has 2 heteroatoms. The minimum Gasteiger partial charge on any atom is -0.313 e. The fourth-order valence-corrected chi connectivity index (χ4v) is 2.32. The zero-order valence-corrected chi connectivity index (χ0v) is 10.6. The van der Waals surface area contributed by atoms with Gasteiger partial charge in [-0.15, -0.1) is 0 Å². The average Bonchev–Trinajstić information content (AvgIpc) is 2.13. The van der Waals surface area contributed by atoms with E-state index in [2.05, 4.69) is 51.7 Å². The first-order valence-electron chi connectivity index (χ1n) is 5.46. The first kappa shape index (κ1) is 13.3. The lowest BCUT2D eigenvalue weighted by molar-refractivity contribution is 0.560. The molecule has 1 nitrogen and oxygen atoms in total. The van der Waals surface area contributed by atoms with Crippen LogP contribution in [-0.2, 0) is 0 Å². The molecule has 13 heavy (non-hydrogen) atoms. The fraction of sp³-hybridized carbons (Fsp3) is 1.00. The van der Waals surface area contributed by atoms with Gasteiger partial charge in [-0.05, 0) is 25.1 Å². The Labute approximate surface area is 88.1 Å². The maximum atomic E-state index is 3.47. The largest absolute Gasteiger partial charge is 0.313 e. The molecule has 0 aliphatic carbocycles. The van der Waals surface area contributed by atoms with E-state index in [0.29, 0.717) is 6.04 Å². The van der Waals surface area contributed by atoms with Crippen molar-refractivity contribution < 1.29 is 0 Å². The Balaban J connectivity index is 3.54. The smallest absolute Gasteiger partial charge is 0.0170 e. The summed E-state index contributed by atoms with van der Waals surface area (Å²) in [7, 11) is 0. The maximum Gasteiger partial charge on any atom is 0.0170 e. The summed E-state index contributed by atoms with van der Waals surface area (Å²) in [6, 6.07) is 0.638. The van der Waals surface area contributed by atoms with Crippen LogP contribution >= 0.6 is 11.8 Å². The molecule has 0 radical (unpaired) electrons. The molecule has 0 aliphatic heterocycles. The van der Waals surface area contributed by atoms with E-state index in [1.165, 1.54) is 12.2 Å². The Hall–Kier alpha value is 0.310. The molecule has 0 spiro atoms. The lowest BCUT2D eigenvalue weighted by Gasteiger charge is -2.21. The summed E-state index contributed by atoms with van der Waals surface area (Å²) < 4.78 is 0. The van der Waals surface area contributed by atoms with Crippen molar-refractivity contribution >= 4 is 11.8 Å². The molecular weight excluding hydrogens is 178 g/mol. The number of thioether (sulfide) groups is 1. The van der Waals surface area contributed by atoms with Crippen molar-refractivity contribution in [1.29, 1.82) is 0 Å². The van der Waals surface area contributed by atoms with E-state index in [4.69, 9.17) is 0 Å². The van der Waals surface area contributed by atoms with Crippen molar-refractivity contribution in [1.82, 2.24) is 5.32 Å². The van der Waals surface area contributed by atoms with E-state index in [9.17, 15) is 0 Å². The molecule has 0 aliphatic rings. The topological polar surface area (TPSA) is 12.0 Å². The highest BCUT2D eigenvalue weighted by atomic mass is 32.2. The van der Waals surface area contributed by atoms with Crippen LogP contribution in [0.2, 0.25) is 0 Å². The summed E-state index contributed by atoms with van der Waals surface area (Å²) in [5.41, 5.74) is 0. The molecule has 0 aromatic carbocycles. The highest BCUT2D eigenvalue weighted by Crippen LogP contribution is 2.18. The van der Waals surface area contributed by atoms with Gasteiger partial charge in [0, 0.05) is 11.3 Å². The normalized spacial score (nSPS) is 18.2. The number of hydrogen-bond donors (Lipinski definition) is 1. The third-order valence-electron chi connectivity index (χ3n) is 2.57. The van der Waals surface area contributed by atoms with Crippen molar-refractivity contribution in [2.75, 3.05) is 12.3 Å². The van der Waals surface area contributed by atoms with Crippen LogP contribution in [-0.4, -0.2) is 23.6 Å². The zero-order chi connectivity index (χ0) is 10.3. The maximum absolute atomic E-state index is 3.47. The first-order chi connectivity index (χ1) is 6.11. The van der Waals surface area contributed by atoms with Gasteiger partial charge in [-0.3, -0.25) is 0 Å². The van der Waals surface area contributed by atoms with E-state index >= 15 is 0 Å². The van der Waals surface area contributed by atoms with Gasteiger partial charge in [0.05, 0.1) is 0 Å². The summed E-state index contributed by atoms with van der Waals surface area (Å²) >= 11 is 2.09. The molecule has 3 atom stereocenters. The minimum absolute atomic E-state index is 0.638. The van der Waals surface area contributed by atoms with Crippen molar-refractivity contribution in [3.8, 4) is 0 Å². The minimum atomic E-state index is 0.638. The highest BCUT2D eigenvalue weighted by Gasteiger charge is 2.11. The third-order valence-corrected chi connectivity index (χ3v) is 4.27. The molecule has 0 heterocycles. The van der Waals surface area contributed by atoms with Gasteiger partial charge in [-0.1, -0.05) is 34.1 Å². The molecule has 0 rings (SSSR count). The van der Waals surface area contributed by atoms with Gasteiger partial charge in [0.1, 0.15) is 0 Å². The van der Waals surface area contributed by atoms with Gasteiger partial charge < -0.3 is 5.32 Å². The lowest BCUT2D eigenvalue weighted by atomic mass is 10.2. The summed E-state index contributed by atoms with van der Waals surface area (Å²) in [5.74, 6) is 2.16. The van der Waals surface area contributed by atoms with Crippen LogP contribution in [0.15, 0.2) is 0 Å². The van der Waals surface area contributed by atoms with Crippen LogP contribution in [0.5, 0.6) is 0 Å². The van der Waals surface area contributed by atoms with E-state index < -0.39 is 0 Å². The molecule has 0 fully saturated rings. The number of nitrogens with one attached hydrogen (secondary N) is 1. The van der Waals surface area contributed by atoms with Crippen LogP contribution in [0.25, 0.3) is 0 Å². The Morgan fingerprint density at radius 3 is 2.23 bits per heavy atom. The second-order valence-corrected chi connectivity index (χ2v) is 5.31. The summed E-state index contributed by atoms with van der Waals surface area (Å²) in [6.45, 7) is 12.4. The molecule has 0 aromatic rings. The first-order valence-corrected chi connectivity index (χ1v) is 6.51. The van der Waals surface area contributed by atoms with E-state index in [1.54, 1.807) is 0 Å². The van der Waals surface area contributed by atoms with Crippen molar-refractivity contribution in [2.24, 2.45) is 5.92 Å². The van der Waals surface area contributed by atoms with E-state index in [1.807, 2.05) is 0 Å². The summed E-state index contributed by atoms with van der Waals surface area (Å²) in [6.07, 6.45) is 1.30. The van der Waals surface area contributed by atoms with Crippen molar-refractivity contribution in [3.63, 3.8) is 0 Å². The van der Waals surface area contributed by atoms with Crippen LogP contribution in [0, 0.1) is 5.92 Å². The third kappa shape index (κ3) is 6.39. The molecule has 0 saturated carbocycles. The monoisotopic (exact) mass is 203 g/mol. The SMILES string of the molecule is CCNC(C)C(C)SCC(C)CC. The molecule has 0 bridgehead atoms. The Morgan fingerprint density at radius 1 is 1.15 bits per heavy atom. The predicted molar refractivity (Wildman–Crippen MR) is 64.5 cm³/mol. The Bertz CT molecular complexity index is 117. The molecule has 3 unspecified atom stereocenters. The molecule has 0 aromatic heterocycles. The Kier molecular flexibility index (Phi) is 7.87. The van der Waals surface area contributed by atoms with Crippen molar-refractivity contribution in [2.45, 2.75) is 52.3 Å². The summed E-state index contributed by atoms with van der Waals surface area (Å²) in [4.78, 5) is 0. The van der Waals surface area contributed by atoms with Crippen molar-refractivity contribution in [3.05, 3.63) is 0 Å². The van der Waals surface area contributed by atoms with E-state index in [0.717, 1.165) is 17.7 Å². The Morgan fingerprint density at radius 2 is 1.77 bits per heavy atom. The molecule has 1 N–H and O–H groups in total. The molecule has 80 valence electrons. The molecular formula is C11H25NS. The van der Waals surface area contributed by atoms with Gasteiger partial charge in [0.15, 0.2) is 0 Å². The highest BCUT2D eigenvalue weighted by molar-refractivity contribution is 7.99. The van der Waals surface area contributed by atoms with Crippen LogP contribution in [0.4, 0.5) is 0 Å². The zero-order valence-electron chi connectivity index (χ0n) is 9.76. The predicted octanol–water partition coefficient (Wildman–Crippen LogP) is 3.15. The average molecular weight is 203 g/mol. The second kappa shape index (κ2) is 7.69. The van der Waals surface area contributed by atoms with Gasteiger partial charge >= 0.3 is 0 Å². The van der Waals surface area contributed by atoms with Gasteiger partial charge in [0.2, 0.25) is 0 Å². The fourth-order valence-electron chi connectivity index (χ4n) is 1.07. The van der Waals surface area contributed by atoms with E-state index in [-0.39, 0.29) is 0 Å². The van der Waals surface area contributed by atoms with Crippen LogP contribution < -0.4 is 5.32 Å². The van der Waals surface area contributed by atoms with Gasteiger partial charge in [-0.25, -0.2) is 0 Å². The summed E-state index contributed by atoms with van der Waals surface area (Å²) in [5, 5.41) is 4.20. The lowest BCUT2D eigenvalue weighted by Crippen LogP contribution is -2.34. The molecule has 0 amide bonds. The van der Waals surface area contributed by atoms with Gasteiger partial charge in [0.25, 0.3) is 0 Å².